The van der Waals surface area contributed by atoms with E-state index in [9.17, 15) is 4.79 Å². The van der Waals surface area contributed by atoms with Crippen molar-refractivity contribution >= 4 is 11.6 Å². The Kier molecular flexibility index (Phi) is 6.05. The molecule has 0 heterocycles. The second kappa shape index (κ2) is 7.32. The molecule has 0 bridgehead atoms. The SMILES string of the molecule is CCCC(C)NC(=O)CNc1ccc(C(C)(C)C)cc1. The van der Waals surface area contributed by atoms with Crippen molar-refractivity contribution in [2.75, 3.05) is 11.9 Å². The van der Waals surface area contributed by atoms with Gasteiger partial charge in [0.1, 0.15) is 0 Å². The van der Waals surface area contributed by atoms with Crippen molar-refractivity contribution in [1.29, 1.82) is 0 Å². The molecule has 0 spiro atoms. The zero-order valence-electron chi connectivity index (χ0n) is 13.4. The summed E-state index contributed by atoms with van der Waals surface area (Å²) in [6.45, 7) is 11.1. The van der Waals surface area contributed by atoms with Crippen LogP contribution in [0.2, 0.25) is 0 Å². The second-order valence-electron chi connectivity index (χ2n) is 6.44. The largest absolute Gasteiger partial charge is 0.376 e. The molecule has 0 saturated carbocycles. The van der Waals surface area contributed by atoms with Gasteiger partial charge in [0.25, 0.3) is 0 Å². The maximum absolute atomic E-state index is 11.8. The number of carbonyl (C=O) groups excluding carboxylic acids is 1. The highest BCUT2D eigenvalue weighted by molar-refractivity contribution is 5.80. The molecule has 0 fully saturated rings. The normalized spacial score (nSPS) is 12.8. The Morgan fingerprint density at radius 3 is 2.30 bits per heavy atom. The number of anilines is 1. The van der Waals surface area contributed by atoms with E-state index in [1.807, 2.05) is 19.1 Å². The van der Waals surface area contributed by atoms with Crippen molar-refractivity contribution in [3.8, 4) is 0 Å². The topological polar surface area (TPSA) is 41.1 Å². The molecule has 1 atom stereocenters. The van der Waals surface area contributed by atoms with E-state index in [1.54, 1.807) is 0 Å². The van der Waals surface area contributed by atoms with Gasteiger partial charge in [-0.1, -0.05) is 46.2 Å². The molecule has 0 aliphatic rings. The lowest BCUT2D eigenvalue weighted by atomic mass is 9.87. The average molecular weight is 276 g/mol. The van der Waals surface area contributed by atoms with Crippen LogP contribution in [-0.4, -0.2) is 18.5 Å². The van der Waals surface area contributed by atoms with Crippen LogP contribution in [-0.2, 0) is 10.2 Å². The van der Waals surface area contributed by atoms with E-state index in [2.05, 4.69) is 50.5 Å². The van der Waals surface area contributed by atoms with Crippen molar-refractivity contribution in [2.45, 2.75) is 58.9 Å². The minimum atomic E-state index is 0.0471. The summed E-state index contributed by atoms with van der Waals surface area (Å²) in [5.74, 6) is 0.0471. The van der Waals surface area contributed by atoms with Gasteiger partial charge in [0.2, 0.25) is 5.91 Å². The highest BCUT2D eigenvalue weighted by Gasteiger charge is 2.13. The molecule has 0 aromatic heterocycles. The van der Waals surface area contributed by atoms with Crippen LogP contribution in [0.5, 0.6) is 0 Å². The summed E-state index contributed by atoms with van der Waals surface area (Å²) < 4.78 is 0. The predicted molar refractivity (Wildman–Crippen MR) is 86.1 cm³/mol. The zero-order chi connectivity index (χ0) is 15.2. The van der Waals surface area contributed by atoms with Crippen LogP contribution in [0, 0.1) is 0 Å². The Bertz CT molecular complexity index is 418. The number of hydrogen-bond donors (Lipinski definition) is 2. The Morgan fingerprint density at radius 2 is 1.80 bits per heavy atom. The van der Waals surface area contributed by atoms with Gasteiger partial charge in [-0.3, -0.25) is 4.79 Å². The number of carbonyl (C=O) groups is 1. The Labute approximate surface area is 123 Å². The molecule has 0 radical (unpaired) electrons. The van der Waals surface area contributed by atoms with Crippen molar-refractivity contribution in [3.05, 3.63) is 29.8 Å². The molecule has 1 rings (SSSR count). The third kappa shape index (κ3) is 5.64. The highest BCUT2D eigenvalue weighted by Crippen LogP contribution is 2.23. The van der Waals surface area contributed by atoms with E-state index in [0.29, 0.717) is 6.54 Å². The highest BCUT2D eigenvalue weighted by atomic mass is 16.1. The maximum Gasteiger partial charge on any atom is 0.239 e. The lowest BCUT2D eigenvalue weighted by Gasteiger charge is -2.19. The first-order chi connectivity index (χ1) is 9.32. The Morgan fingerprint density at radius 1 is 1.20 bits per heavy atom. The van der Waals surface area contributed by atoms with Crippen molar-refractivity contribution in [3.63, 3.8) is 0 Å². The minimum absolute atomic E-state index is 0.0471. The average Bonchev–Trinajstić information content (AvgIpc) is 2.36. The molecule has 20 heavy (non-hydrogen) atoms. The maximum atomic E-state index is 11.8. The van der Waals surface area contributed by atoms with Gasteiger partial charge in [-0.25, -0.2) is 0 Å². The summed E-state index contributed by atoms with van der Waals surface area (Å²) >= 11 is 0. The van der Waals surface area contributed by atoms with Crippen LogP contribution >= 0.6 is 0 Å². The molecular formula is C17H28N2O. The first-order valence-corrected chi connectivity index (χ1v) is 7.46. The first kappa shape index (κ1) is 16.5. The van der Waals surface area contributed by atoms with E-state index in [1.165, 1.54) is 5.56 Å². The summed E-state index contributed by atoms with van der Waals surface area (Å²) in [4.78, 5) is 11.8. The van der Waals surface area contributed by atoms with Gasteiger partial charge in [-0.2, -0.15) is 0 Å². The summed E-state index contributed by atoms with van der Waals surface area (Å²) in [6.07, 6.45) is 2.11. The second-order valence-corrected chi connectivity index (χ2v) is 6.44. The van der Waals surface area contributed by atoms with Gasteiger partial charge in [0.05, 0.1) is 6.54 Å². The molecular weight excluding hydrogens is 248 g/mol. The van der Waals surface area contributed by atoms with Crippen molar-refractivity contribution in [2.24, 2.45) is 0 Å². The number of nitrogens with one attached hydrogen (secondary N) is 2. The number of benzene rings is 1. The number of rotatable bonds is 6. The van der Waals surface area contributed by atoms with Crippen molar-refractivity contribution < 1.29 is 4.79 Å². The summed E-state index contributed by atoms with van der Waals surface area (Å²) in [6, 6.07) is 8.53. The molecule has 2 N–H and O–H groups in total. The number of amides is 1. The Balaban J connectivity index is 2.44. The van der Waals surface area contributed by atoms with Crippen LogP contribution in [0.1, 0.15) is 53.0 Å². The summed E-state index contributed by atoms with van der Waals surface area (Å²) in [5.41, 5.74) is 2.44. The molecule has 0 aliphatic carbocycles. The molecule has 3 heteroatoms. The van der Waals surface area contributed by atoms with Crippen LogP contribution < -0.4 is 10.6 Å². The fraction of sp³-hybridized carbons (Fsp3) is 0.588. The summed E-state index contributed by atoms with van der Waals surface area (Å²) in [5, 5.41) is 6.14. The molecule has 0 saturated heterocycles. The van der Waals surface area contributed by atoms with Gasteiger partial charge in [0.15, 0.2) is 0 Å². The predicted octanol–water partition coefficient (Wildman–Crippen LogP) is 3.70. The van der Waals surface area contributed by atoms with Gasteiger partial charge in [0, 0.05) is 11.7 Å². The van der Waals surface area contributed by atoms with Gasteiger partial charge < -0.3 is 10.6 Å². The number of hydrogen-bond acceptors (Lipinski definition) is 2. The summed E-state index contributed by atoms with van der Waals surface area (Å²) in [7, 11) is 0. The monoisotopic (exact) mass is 276 g/mol. The zero-order valence-corrected chi connectivity index (χ0v) is 13.4. The van der Waals surface area contributed by atoms with E-state index in [-0.39, 0.29) is 17.4 Å². The van der Waals surface area contributed by atoms with E-state index in [4.69, 9.17) is 0 Å². The molecule has 0 aliphatic heterocycles. The van der Waals surface area contributed by atoms with Crippen LogP contribution in [0.4, 0.5) is 5.69 Å². The van der Waals surface area contributed by atoms with E-state index in [0.717, 1.165) is 18.5 Å². The Hall–Kier alpha value is -1.51. The molecule has 3 nitrogen and oxygen atoms in total. The van der Waals surface area contributed by atoms with Crippen LogP contribution in [0.15, 0.2) is 24.3 Å². The third-order valence-corrected chi connectivity index (χ3v) is 3.33. The smallest absolute Gasteiger partial charge is 0.239 e. The molecule has 1 aromatic carbocycles. The third-order valence-electron chi connectivity index (χ3n) is 3.33. The van der Waals surface area contributed by atoms with E-state index < -0.39 is 0 Å². The lowest BCUT2D eigenvalue weighted by Crippen LogP contribution is -2.36. The molecule has 1 unspecified atom stereocenters. The van der Waals surface area contributed by atoms with Gasteiger partial charge in [-0.15, -0.1) is 0 Å². The first-order valence-electron chi connectivity index (χ1n) is 7.46. The molecule has 1 amide bonds. The van der Waals surface area contributed by atoms with Crippen molar-refractivity contribution in [1.82, 2.24) is 5.32 Å². The van der Waals surface area contributed by atoms with E-state index >= 15 is 0 Å². The van der Waals surface area contributed by atoms with Gasteiger partial charge in [-0.05, 0) is 36.5 Å². The fourth-order valence-corrected chi connectivity index (χ4v) is 2.10. The lowest BCUT2D eigenvalue weighted by molar-refractivity contribution is -0.120. The minimum Gasteiger partial charge on any atom is -0.376 e. The molecule has 1 aromatic rings. The van der Waals surface area contributed by atoms with Gasteiger partial charge >= 0.3 is 0 Å². The molecule has 112 valence electrons. The fourth-order valence-electron chi connectivity index (χ4n) is 2.10. The quantitative estimate of drug-likeness (QED) is 0.832. The van der Waals surface area contributed by atoms with Crippen LogP contribution in [0.3, 0.4) is 0 Å². The standard InChI is InChI=1S/C17H28N2O/c1-6-7-13(2)19-16(20)12-18-15-10-8-14(9-11-15)17(3,4)5/h8-11,13,18H,6-7,12H2,1-5H3,(H,19,20). The van der Waals surface area contributed by atoms with Crippen LogP contribution in [0.25, 0.3) is 0 Å².